The number of nitrogens with zero attached hydrogens (tertiary/aromatic N) is 3. The zero-order valence-corrected chi connectivity index (χ0v) is 14.9. The largest absolute Gasteiger partial charge is 0.497 e. The molecule has 2 heterocycles. The second-order valence-electron chi connectivity index (χ2n) is 6.42. The molecule has 0 unspecified atom stereocenters. The Morgan fingerprint density at radius 3 is 2.48 bits per heavy atom. The van der Waals surface area contributed by atoms with Gasteiger partial charge in [0.2, 0.25) is 0 Å². The van der Waals surface area contributed by atoms with Gasteiger partial charge >= 0.3 is 0 Å². The van der Waals surface area contributed by atoms with Crippen molar-refractivity contribution in [3.05, 3.63) is 42.5 Å². The molecule has 0 atom stereocenters. The Morgan fingerprint density at radius 1 is 1.20 bits per heavy atom. The summed E-state index contributed by atoms with van der Waals surface area (Å²) < 4.78 is 12.9. The van der Waals surface area contributed by atoms with Gasteiger partial charge in [0.05, 0.1) is 7.11 Å². The Balaban J connectivity index is 1.42. The SMILES string of the molecule is COc1ccc(OCC(=O)N2CCC(Cn3ccnc3C)CC2)cc1. The molecule has 1 aromatic heterocycles. The molecule has 1 saturated heterocycles. The van der Waals surface area contributed by atoms with Gasteiger partial charge in [0, 0.05) is 32.0 Å². The summed E-state index contributed by atoms with van der Waals surface area (Å²) in [6, 6.07) is 7.27. The maximum Gasteiger partial charge on any atom is 0.260 e. The molecule has 3 rings (SSSR count). The Hall–Kier alpha value is -2.50. The summed E-state index contributed by atoms with van der Waals surface area (Å²) in [5.41, 5.74) is 0. The molecule has 2 aromatic rings. The van der Waals surface area contributed by atoms with E-state index in [1.54, 1.807) is 7.11 Å². The van der Waals surface area contributed by atoms with Crippen LogP contribution in [-0.4, -0.2) is 47.2 Å². The normalized spacial score (nSPS) is 15.2. The summed E-state index contributed by atoms with van der Waals surface area (Å²) in [5, 5.41) is 0. The fourth-order valence-electron chi connectivity index (χ4n) is 3.15. The Morgan fingerprint density at radius 2 is 1.88 bits per heavy atom. The van der Waals surface area contributed by atoms with Crippen LogP contribution in [0.1, 0.15) is 18.7 Å². The van der Waals surface area contributed by atoms with E-state index < -0.39 is 0 Å². The summed E-state index contributed by atoms with van der Waals surface area (Å²) in [6.07, 6.45) is 5.90. The minimum Gasteiger partial charge on any atom is -0.497 e. The Kier molecular flexibility index (Phi) is 5.58. The number of likely N-dealkylation sites (tertiary alicyclic amines) is 1. The second kappa shape index (κ2) is 8.05. The van der Waals surface area contributed by atoms with E-state index in [-0.39, 0.29) is 12.5 Å². The molecule has 0 aliphatic carbocycles. The van der Waals surface area contributed by atoms with Crippen LogP contribution in [0.5, 0.6) is 11.5 Å². The van der Waals surface area contributed by atoms with Crippen molar-refractivity contribution in [3.8, 4) is 11.5 Å². The third-order valence-electron chi connectivity index (χ3n) is 4.77. The van der Waals surface area contributed by atoms with E-state index in [0.29, 0.717) is 11.7 Å². The fourth-order valence-corrected chi connectivity index (χ4v) is 3.15. The molecule has 1 aromatic carbocycles. The molecule has 25 heavy (non-hydrogen) atoms. The van der Waals surface area contributed by atoms with Gasteiger partial charge in [-0.3, -0.25) is 4.79 Å². The van der Waals surface area contributed by atoms with Gasteiger partial charge in [0.15, 0.2) is 6.61 Å². The van der Waals surface area contributed by atoms with E-state index in [9.17, 15) is 4.79 Å². The first kappa shape index (κ1) is 17.3. The Labute approximate surface area is 148 Å². The number of carbonyl (C=O) groups is 1. The van der Waals surface area contributed by atoms with E-state index in [1.165, 1.54) is 0 Å². The molecule has 1 aliphatic rings. The molecule has 134 valence electrons. The number of carbonyl (C=O) groups excluding carboxylic acids is 1. The number of hydrogen-bond donors (Lipinski definition) is 0. The standard InChI is InChI=1S/C19H25N3O3/c1-15-20-9-12-22(15)13-16-7-10-21(11-8-16)19(23)14-25-18-5-3-17(24-2)4-6-18/h3-6,9,12,16H,7-8,10-11,13-14H2,1-2H3. The van der Waals surface area contributed by atoms with Crippen LogP contribution in [0.3, 0.4) is 0 Å². The van der Waals surface area contributed by atoms with E-state index >= 15 is 0 Å². The highest BCUT2D eigenvalue weighted by molar-refractivity contribution is 5.77. The smallest absolute Gasteiger partial charge is 0.260 e. The molecule has 6 heteroatoms. The number of benzene rings is 1. The number of aromatic nitrogens is 2. The highest BCUT2D eigenvalue weighted by Gasteiger charge is 2.23. The van der Waals surface area contributed by atoms with Crippen LogP contribution >= 0.6 is 0 Å². The lowest BCUT2D eigenvalue weighted by Gasteiger charge is -2.32. The zero-order valence-electron chi connectivity index (χ0n) is 14.9. The predicted octanol–water partition coefficient (Wildman–Crippen LogP) is 2.52. The highest BCUT2D eigenvalue weighted by Crippen LogP contribution is 2.21. The van der Waals surface area contributed by atoms with Crippen molar-refractivity contribution in [2.24, 2.45) is 5.92 Å². The molecule has 0 saturated carbocycles. The molecule has 6 nitrogen and oxygen atoms in total. The van der Waals surface area contributed by atoms with Gasteiger partial charge < -0.3 is 18.9 Å². The number of piperidine rings is 1. The third-order valence-corrected chi connectivity index (χ3v) is 4.77. The molecule has 1 amide bonds. The second-order valence-corrected chi connectivity index (χ2v) is 6.42. The van der Waals surface area contributed by atoms with Crippen LogP contribution in [-0.2, 0) is 11.3 Å². The van der Waals surface area contributed by atoms with Crippen molar-refractivity contribution < 1.29 is 14.3 Å². The lowest BCUT2D eigenvalue weighted by molar-refractivity contribution is -0.134. The molecular weight excluding hydrogens is 318 g/mol. The average Bonchev–Trinajstić information content (AvgIpc) is 3.05. The monoisotopic (exact) mass is 343 g/mol. The van der Waals surface area contributed by atoms with Crippen LogP contribution in [0.2, 0.25) is 0 Å². The summed E-state index contributed by atoms with van der Waals surface area (Å²) in [4.78, 5) is 18.5. The number of imidazole rings is 1. The average molecular weight is 343 g/mol. The first-order valence-electron chi connectivity index (χ1n) is 8.68. The number of rotatable bonds is 6. The number of amides is 1. The number of aryl methyl sites for hydroxylation is 1. The van der Waals surface area contributed by atoms with Crippen LogP contribution in [0.15, 0.2) is 36.7 Å². The van der Waals surface area contributed by atoms with Crippen LogP contribution in [0, 0.1) is 12.8 Å². The minimum absolute atomic E-state index is 0.0491. The number of methoxy groups -OCH3 is 1. The van der Waals surface area contributed by atoms with Crippen molar-refractivity contribution in [1.82, 2.24) is 14.5 Å². The van der Waals surface area contributed by atoms with Gasteiger partial charge in [-0.1, -0.05) is 0 Å². The van der Waals surface area contributed by atoms with Crippen LogP contribution in [0.4, 0.5) is 0 Å². The van der Waals surface area contributed by atoms with E-state index in [4.69, 9.17) is 9.47 Å². The van der Waals surface area contributed by atoms with Crippen molar-refractivity contribution in [2.45, 2.75) is 26.3 Å². The third kappa shape index (κ3) is 4.53. The fraction of sp³-hybridized carbons (Fsp3) is 0.474. The summed E-state index contributed by atoms with van der Waals surface area (Å²) in [7, 11) is 1.62. The lowest BCUT2D eigenvalue weighted by atomic mass is 9.96. The van der Waals surface area contributed by atoms with Crippen molar-refractivity contribution in [2.75, 3.05) is 26.8 Å². The summed E-state index contributed by atoms with van der Waals surface area (Å²) in [5.74, 6) is 3.15. The predicted molar refractivity (Wildman–Crippen MR) is 94.8 cm³/mol. The van der Waals surface area contributed by atoms with Gasteiger partial charge in [-0.05, 0) is 49.9 Å². The van der Waals surface area contributed by atoms with Crippen molar-refractivity contribution >= 4 is 5.91 Å². The van der Waals surface area contributed by atoms with Crippen molar-refractivity contribution in [1.29, 1.82) is 0 Å². The molecule has 1 fully saturated rings. The first-order valence-corrected chi connectivity index (χ1v) is 8.68. The van der Waals surface area contributed by atoms with Gasteiger partial charge in [0.25, 0.3) is 5.91 Å². The van der Waals surface area contributed by atoms with Crippen LogP contribution < -0.4 is 9.47 Å². The number of ether oxygens (including phenoxy) is 2. The quantitative estimate of drug-likeness (QED) is 0.809. The zero-order chi connectivity index (χ0) is 17.6. The van der Waals surface area contributed by atoms with E-state index in [1.807, 2.05) is 48.5 Å². The molecule has 0 radical (unpaired) electrons. The molecule has 0 spiro atoms. The highest BCUT2D eigenvalue weighted by atomic mass is 16.5. The molecule has 1 aliphatic heterocycles. The minimum atomic E-state index is 0.0491. The molecule has 0 bridgehead atoms. The Bertz CT molecular complexity index is 688. The number of hydrogen-bond acceptors (Lipinski definition) is 4. The van der Waals surface area contributed by atoms with Gasteiger partial charge in [-0.25, -0.2) is 4.98 Å². The lowest BCUT2D eigenvalue weighted by Crippen LogP contribution is -2.41. The molecular formula is C19H25N3O3. The van der Waals surface area contributed by atoms with Crippen molar-refractivity contribution in [3.63, 3.8) is 0 Å². The van der Waals surface area contributed by atoms with E-state index in [0.717, 1.165) is 44.0 Å². The maximum atomic E-state index is 12.3. The molecule has 0 N–H and O–H groups in total. The van der Waals surface area contributed by atoms with Gasteiger partial charge in [-0.2, -0.15) is 0 Å². The van der Waals surface area contributed by atoms with E-state index in [2.05, 4.69) is 9.55 Å². The summed E-state index contributed by atoms with van der Waals surface area (Å²) >= 11 is 0. The van der Waals surface area contributed by atoms with Crippen LogP contribution in [0.25, 0.3) is 0 Å². The maximum absolute atomic E-state index is 12.3. The topological polar surface area (TPSA) is 56.6 Å². The summed E-state index contributed by atoms with van der Waals surface area (Å²) in [6.45, 7) is 4.68. The first-order chi connectivity index (χ1) is 12.2. The van der Waals surface area contributed by atoms with Gasteiger partial charge in [-0.15, -0.1) is 0 Å². The van der Waals surface area contributed by atoms with Gasteiger partial charge in [0.1, 0.15) is 17.3 Å².